The van der Waals surface area contributed by atoms with E-state index in [1.54, 1.807) is 0 Å². The number of hydrogen-bond acceptors (Lipinski definition) is 4. The van der Waals surface area contributed by atoms with E-state index in [0.29, 0.717) is 6.61 Å². The third-order valence-electron chi connectivity index (χ3n) is 4.02. The highest BCUT2D eigenvalue weighted by Crippen LogP contribution is 2.20. The number of likely N-dealkylation sites (tertiary alicyclic amines) is 1. The molecule has 0 saturated carbocycles. The van der Waals surface area contributed by atoms with E-state index in [1.165, 1.54) is 0 Å². The van der Waals surface area contributed by atoms with Crippen LogP contribution in [-0.2, 0) is 16.1 Å². The van der Waals surface area contributed by atoms with Crippen molar-refractivity contribution >= 4 is 17.0 Å². The molecule has 21 heavy (non-hydrogen) atoms. The molecule has 1 aliphatic rings. The molecule has 0 bridgehead atoms. The average Bonchev–Trinajstić information content (AvgIpc) is 2.90. The maximum atomic E-state index is 11.7. The number of imidazole rings is 1. The average molecular weight is 287 g/mol. The maximum Gasteiger partial charge on any atom is 0.309 e. The first-order valence-corrected chi connectivity index (χ1v) is 7.59. The number of fused-ring (bicyclic) bond motifs is 1. The van der Waals surface area contributed by atoms with Gasteiger partial charge in [-0.15, -0.1) is 0 Å². The Bertz CT molecular complexity index is 582. The van der Waals surface area contributed by atoms with Gasteiger partial charge in [-0.1, -0.05) is 12.1 Å². The molecule has 0 aliphatic carbocycles. The number of piperidine rings is 1. The van der Waals surface area contributed by atoms with Crippen molar-refractivity contribution in [2.24, 2.45) is 5.92 Å². The minimum Gasteiger partial charge on any atom is -0.466 e. The van der Waals surface area contributed by atoms with Crippen LogP contribution in [0.15, 0.2) is 24.3 Å². The molecule has 1 aromatic heterocycles. The SMILES string of the molecule is CCOC(=O)C1CCN(Cc2nc3ccccc3[nH]2)CC1. The zero-order valence-corrected chi connectivity index (χ0v) is 12.3. The van der Waals surface area contributed by atoms with Gasteiger partial charge >= 0.3 is 5.97 Å². The Hall–Kier alpha value is -1.88. The summed E-state index contributed by atoms with van der Waals surface area (Å²) < 4.78 is 5.10. The smallest absolute Gasteiger partial charge is 0.309 e. The van der Waals surface area contributed by atoms with E-state index < -0.39 is 0 Å². The number of aromatic nitrogens is 2. The molecule has 0 spiro atoms. The highest BCUT2D eigenvalue weighted by atomic mass is 16.5. The van der Waals surface area contributed by atoms with E-state index in [9.17, 15) is 4.79 Å². The summed E-state index contributed by atoms with van der Waals surface area (Å²) in [5, 5.41) is 0. The number of nitrogens with one attached hydrogen (secondary N) is 1. The largest absolute Gasteiger partial charge is 0.466 e. The summed E-state index contributed by atoms with van der Waals surface area (Å²) >= 11 is 0. The topological polar surface area (TPSA) is 58.2 Å². The van der Waals surface area contributed by atoms with Gasteiger partial charge in [0.05, 0.1) is 30.1 Å². The van der Waals surface area contributed by atoms with Crippen LogP contribution in [0.3, 0.4) is 0 Å². The standard InChI is InChI=1S/C16H21N3O2/c1-2-21-16(20)12-7-9-19(10-8-12)11-15-17-13-5-3-4-6-14(13)18-15/h3-6,12H,2,7-11H2,1H3,(H,17,18). The van der Waals surface area contributed by atoms with E-state index in [1.807, 2.05) is 31.2 Å². The zero-order valence-electron chi connectivity index (χ0n) is 12.3. The lowest BCUT2D eigenvalue weighted by Crippen LogP contribution is -2.36. The molecule has 0 amide bonds. The molecule has 1 saturated heterocycles. The molecule has 5 nitrogen and oxygen atoms in total. The molecule has 1 fully saturated rings. The van der Waals surface area contributed by atoms with E-state index in [-0.39, 0.29) is 11.9 Å². The number of H-pyrrole nitrogens is 1. The van der Waals surface area contributed by atoms with Crippen LogP contribution in [-0.4, -0.2) is 40.5 Å². The fourth-order valence-electron chi connectivity index (χ4n) is 2.88. The van der Waals surface area contributed by atoms with Gasteiger partial charge in [0.2, 0.25) is 0 Å². The Morgan fingerprint density at radius 2 is 2.14 bits per heavy atom. The normalized spacial score (nSPS) is 17.2. The van der Waals surface area contributed by atoms with Gasteiger partial charge < -0.3 is 9.72 Å². The molecule has 1 N–H and O–H groups in total. The number of benzene rings is 1. The summed E-state index contributed by atoms with van der Waals surface area (Å²) in [5.41, 5.74) is 2.09. The Kier molecular flexibility index (Phi) is 4.20. The van der Waals surface area contributed by atoms with Crippen molar-refractivity contribution in [2.75, 3.05) is 19.7 Å². The van der Waals surface area contributed by atoms with Crippen molar-refractivity contribution in [2.45, 2.75) is 26.3 Å². The number of carbonyl (C=O) groups excluding carboxylic acids is 1. The molecule has 3 rings (SSSR count). The number of ether oxygens (including phenoxy) is 1. The van der Waals surface area contributed by atoms with Crippen LogP contribution in [0.2, 0.25) is 0 Å². The molecule has 2 aromatic rings. The Balaban J connectivity index is 1.56. The summed E-state index contributed by atoms with van der Waals surface area (Å²) in [6.45, 7) is 4.97. The third-order valence-corrected chi connectivity index (χ3v) is 4.02. The Morgan fingerprint density at radius 1 is 1.38 bits per heavy atom. The first-order valence-electron chi connectivity index (χ1n) is 7.59. The molecule has 1 aliphatic heterocycles. The van der Waals surface area contributed by atoms with Gasteiger partial charge in [0, 0.05) is 0 Å². The first kappa shape index (κ1) is 14.1. The molecule has 0 unspecified atom stereocenters. The minimum absolute atomic E-state index is 0.0408. The van der Waals surface area contributed by atoms with Gasteiger partial charge in [-0.3, -0.25) is 9.69 Å². The monoisotopic (exact) mass is 287 g/mol. The summed E-state index contributed by atoms with van der Waals surface area (Å²) in [6, 6.07) is 8.06. The van der Waals surface area contributed by atoms with Gasteiger partial charge in [-0.25, -0.2) is 4.98 Å². The number of carbonyl (C=O) groups is 1. The van der Waals surface area contributed by atoms with E-state index >= 15 is 0 Å². The molecule has 1 aromatic carbocycles. The van der Waals surface area contributed by atoms with Crippen molar-refractivity contribution in [3.63, 3.8) is 0 Å². The van der Waals surface area contributed by atoms with E-state index in [0.717, 1.165) is 49.3 Å². The number of rotatable bonds is 4. The second-order valence-electron chi connectivity index (χ2n) is 5.50. The lowest BCUT2D eigenvalue weighted by atomic mass is 9.97. The van der Waals surface area contributed by atoms with Gasteiger partial charge in [0.1, 0.15) is 5.82 Å². The Labute approximate surface area is 124 Å². The van der Waals surface area contributed by atoms with Gasteiger partial charge in [0.25, 0.3) is 0 Å². The van der Waals surface area contributed by atoms with Gasteiger partial charge in [-0.05, 0) is 45.0 Å². The number of nitrogens with zero attached hydrogens (tertiary/aromatic N) is 2. The molecular weight excluding hydrogens is 266 g/mol. The van der Waals surface area contributed by atoms with Crippen molar-refractivity contribution in [1.82, 2.24) is 14.9 Å². The second-order valence-corrected chi connectivity index (χ2v) is 5.50. The molecule has 2 heterocycles. The second kappa shape index (κ2) is 6.26. The summed E-state index contributed by atoms with van der Waals surface area (Å²) in [4.78, 5) is 22.0. The molecule has 0 atom stereocenters. The number of para-hydroxylation sites is 2. The summed E-state index contributed by atoms with van der Waals surface area (Å²) in [5.74, 6) is 1.02. The molecular formula is C16H21N3O2. The molecule has 0 radical (unpaired) electrons. The lowest BCUT2D eigenvalue weighted by Gasteiger charge is -2.30. The summed E-state index contributed by atoms with van der Waals surface area (Å²) in [7, 11) is 0. The van der Waals surface area contributed by atoms with Gasteiger partial charge in [0.15, 0.2) is 0 Å². The van der Waals surface area contributed by atoms with Crippen molar-refractivity contribution in [3.8, 4) is 0 Å². The van der Waals surface area contributed by atoms with Crippen molar-refractivity contribution < 1.29 is 9.53 Å². The summed E-state index contributed by atoms with van der Waals surface area (Å²) in [6.07, 6.45) is 1.75. The van der Waals surface area contributed by atoms with Crippen molar-refractivity contribution in [3.05, 3.63) is 30.1 Å². The van der Waals surface area contributed by atoms with Gasteiger partial charge in [-0.2, -0.15) is 0 Å². The highest BCUT2D eigenvalue weighted by Gasteiger charge is 2.26. The maximum absolute atomic E-state index is 11.7. The van der Waals surface area contributed by atoms with Crippen LogP contribution in [0.4, 0.5) is 0 Å². The predicted octanol–water partition coefficient (Wildman–Crippen LogP) is 2.34. The van der Waals surface area contributed by atoms with Crippen molar-refractivity contribution in [1.29, 1.82) is 0 Å². The molecule has 5 heteroatoms. The van der Waals surface area contributed by atoms with Crippen LogP contribution >= 0.6 is 0 Å². The van der Waals surface area contributed by atoms with Crippen LogP contribution in [0.5, 0.6) is 0 Å². The third kappa shape index (κ3) is 3.24. The van der Waals surface area contributed by atoms with Crippen LogP contribution in [0.1, 0.15) is 25.6 Å². The fraction of sp³-hybridized carbons (Fsp3) is 0.500. The minimum atomic E-state index is -0.0408. The number of hydrogen-bond donors (Lipinski definition) is 1. The fourth-order valence-corrected chi connectivity index (χ4v) is 2.88. The first-order chi connectivity index (χ1) is 10.3. The highest BCUT2D eigenvalue weighted by molar-refractivity contribution is 5.74. The Morgan fingerprint density at radius 3 is 2.86 bits per heavy atom. The van der Waals surface area contributed by atoms with Crippen LogP contribution in [0.25, 0.3) is 11.0 Å². The lowest BCUT2D eigenvalue weighted by molar-refractivity contribution is -0.149. The number of esters is 1. The van der Waals surface area contributed by atoms with E-state index in [4.69, 9.17) is 4.74 Å². The predicted molar refractivity (Wildman–Crippen MR) is 80.7 cm³/mol. The number of aromatic amines is 1. The van der Waals surface area contributed by atoms with Crippen LogP contribution < -0.4 is 0 Å². The van der Waals surface area contributed by atoms with E-state index in [2.05, 4.69) is 14.9 Å². The molecule has 112 valence electrons. The zero-order chi connectivity index (χ0) is 14.7. The quantitative estimate of drug-likeness (QED) is 0.877. The van der Waals surface area contributed by atoms with Crippen LogP contribution in [0, 0.1) is 5.92 Å².